The molecule has 0 amide bonds. The number of nitrogens with zero attached hydrogens (tertiary/aromatic N) is 1. The van der Waals surface area contributed by atoms with E-state index >= 15 is 0 Å². The van der Waals surface area contributed by atoms with Crippen molar-refractivity contribution in [2.24, 2.45) is 5.10 Å². The molecule has 122 valence electrons. The van der Waals surface area contributed by atoms with Crippen LogP contribution in [0.3, 0.4) is 0 Å². The lowest BCUT2D eigenvalue weighted by atomic mass is 10.2. The Labute approximate surface area is 134 Å². The van der Waals surface area contributed by atoms with Crippen molar-refractivity contribution in [3.8, 4) is 5.75 Å². The summed E-state index contributed by atoms with van der Waals surface area (Å²) in [7, 11) is -3.83. The zero-order valence-electron chi connectivity index (χ0n) is 12.6. The van der Waals surface area contributed by atoms with Crippen molar-refractivity contribution in [1.29, 1.82) is 0 Å². The zero-order valence-corrected chi connectivity index (χ0v) is 13.4. The van der Waals surface area contributed by atoms with E-state index < -0.39 is 15.8 Å². The molecule has 0 heterocycles. The van der Waals surface area contributed by atoms with Crippen LogP contribution in [0.1, 0.15) is 18.9 Å². The van der Waals surface area contributed by atoms with Gasteiger partial charge in [-0.05, 0) is 42.8 Å². The third-order valence-corrected chi connectivity index (χ3v) is 4.12. The van der Waals surface area contributed by atoms with E-state index in [4.69, 9.17) is 4.74 Å². The number of sulfonamides is 1. The average molecular weight is 336 g/mol. The molecule has 0 aromatic heterocycles. The van der Waals surface area contributed by atoms with Crippen molar-refractivity contribution >= 4 is 16.2 Å². The Hall–Kier alpha value is -2.41. The summed E-state index contributed by atoms with van der Waals surface area (Å²) < 4.78 is 42.4. The molecule has 0 saturated carbocycles. The number of ether oxygens (including phenoxy) is 1. The first-order valence-corrected chi connectivity index (χ1v) is 8.53. The summed E-state index contributed by atoms with van der Waals surface area (Å²) in [5, 5.41) is 3.74. The summed E-state index contributed by atoms with van der Waals surface area (Å²) in [6, 6.07) is 11.7. The number of hydrogen-bond acceptors (Lipinski definition) is 4. The lowest BCUT2D eigenvalue weighted by molar-refractivity contribution is 0.317. The minimum absolute atomic E-state index is 0.0634. The van der Waals surface area contributed by atoms with Gasteiger partial charge in [0.05, 0.1) is 17.7 Å². The maximum absolute atomic E-state index is 12.8. The Morgan fingerprint density at radius 1 is 1.17 bits per heavy atom. The second-order valence-corrected chi connectivity index (χ2v) is 6.35. The van der Waals surface area contributed by atoms with Gasteiger partial charge in [0, 0.05) is 5.56 Å². The van der Waals surface area contributed by atoms with Crippen molar-refractivity contribution < 1.29 is 17.5 Å². The molecular weight excluding hydrogens is 319 g/mol. The minimum Gasteiger partial charge on any atom is -0.493 e. The van der Waals surface area contributed by atoms with Crippen LogP contribution in [0.2, 0.25) is 0 Å². The molecule has 2 aromatic rings. The van der Waals surface area contributed by atoms with Gasteiger partial charge in [-0.25, -0.2) is 9.22 Å². The highest BCUT2D eigenvalue weighted by atomic mass is 32.2. The maximum atomic E-state index is 12.8. The molecule has 2 aromatic carbocycles. The van der Waals surface area contributed by atoms with Crippen LogP contribution in [-0.2, 0) is 10.0 Å². The number of hydrogen-bond donors (Lipinski definition) is 1. The van der Waals surface area contributed by atoms with E-state index in [0.29, 0.717) is 17.9 Å². The molecule has 0 aliphatic rings. The van der Waals surface area contributed by atoms with Crippen molar-refractivity contribution in [1.82, 2.24) is 4.83 Å². The zero-order chi connectivity index (χ0) is 16.7. The predicted molar refractivity (Wildman–Crippen MR) is 86.5 cm³/mol. The summed E-state index contributed by atoms with van der Waals surface area (Å²) in [6.07, 6.45) is 2.23. The molecule has 0 spiro atoms. The van der Waals surface area contributed by atoms with Gasteiger partial charge in [0.25, 0.3) is 10.0 Å². The maximum Gasteiger partial charge on any atom is 0.276 e. The van der Waals surface area contributed by atoms with Crippen molar-refractivity contribution in [3.05, 3.63) is 59.9 Å². The molecule has 0 saturated heterocycles. The highest BCUT2D eigenvalue weighted by Gasteiger charge is 2.12. The number of rotatable bonds is 7. The van der Waals surface area contributed by atoms with E-state index in [1.54, 1.807) is 18.2 Å². The molecule has 23 heavy (non-hydrogen) atoms. The van der Waals surface area contributed by atoms with Crippen LogP contribution in [-0.4, -0.2) is 21.2 Å². The molecule has 7 heteroatoms. The second kappa shape index (κ2) is 7.73. The standard InChI is InChI=1S/C16H17FN2O3S/c1-2-11-22-16-6-4-3-5-13(16)12-18-19-23(20,21)15-9-7-14(17)8-10-15/h3-10,12,19H,2,11H2,1H3/b18-12+. The minimum atomic E-state index is -3.83. The molecule has 0 bridgehead atoms. The highest BCUT2D eigenvalue weighted by molar-refractivity contribution is 7.89. The second-order valence-electron chi connectivity index (χ2n) is 4.69. The summed E-state index contributed by atoms with van der Waals surface area (Å²) >= 11 is 0. The first-order valence-electron chi connectivity index (χ1n) is 7.05. The topological polar surface area (TPSA) is 67.8 Å². The number of benzene rings is 2. The number of halogens is 1. The Morgan fingerprint density at radius 3 is 2.57 bits per heavy atom. The summed E-state index contributed by atoms with van der Waals surface area (Å²) in [6.45, 7) is 2.56. The molecule has 0 radical (unpaired) electrons. The van der Waals surface area contributed by atoms with Gasteiger partial charge in [0.15, 0.2) is 0 Å². The van der Waals surface area contributed by atoms with Crippen LogP contribution < -0.4 is 9.57 Å². The van der Waals surface area contributed by atoms with E-state index in [1.165, 1.54) is 18.3 Å². The number of hydrazone groups is 1. The Balaban J connectivity index is 2.11. The average Bonchev–Trinajstić information content (AvgIpc) is 2.54. The van der Waals surface area contributed by atoms with Gasteiger partial charge < -0.3 is 4.74 Å². The predicted octanol–water partition coefficient (Wildman–Crippen LogP) is 2.93. The van der Waals surface area contributed by atoms with Crippen LogP contribution in [0, 0.1) is 5.82 Å². The van der Waals surface area contributed by atoms with Crippen LogP contribution >= 0.6 is 0 Å². The summed E-state index contributed by atoms with van der Waals surface area (Å²) in [5.41, 5.74) is 0.655. The molecule has 1 N–H and O–H groups in total. The Kier molecular flexibility index (Phi) is 5.70. The molecule has 5 nitrogen and oxygen atoms in total. The van der Waals surface area contributed by atoms with Crippen LogP contribution in [0.4, 0.5) is 4.39 Å². The van der Waals surface area contributed by atoms with Crippen molar-refractivity contribution in [2.45, 2.75) is 18.2 Å². The van der Waals surface area contributed by atoms with Crippen LogP contribution in [0.5, 0.6) is 5.75 Å². The summed E-state index contributed by atoms with van der Waals surface area (Å²) in [4.78, 5) is 2.03. The number of para-hydroxylation sites is 1. The lowest BCUT2D eigenvalue weighted by Gasteiger charge is -2.07. The number of nitrogens with one attached hydrogen (secondary N) is 1. The van der Waals surface area contributed by atoms with Gasteiger partial charge in [0.1, 0.15) is 11.6 Å². The van der Waals surface area contributed by atoms with Gasteiger partial charge in [-0.15, -0.1) is 0 Å². The van der Waals surface area contributed by atoms with E-state index in [9.17, 15) is 12.8 Å². The lowest BCUT2D eigenvalue weighted by Crippen LogP contribution is -2.18. The third-order valence-electron chi connectivity index (χ3n) is 2.88. The fourth-order valence-electron chi connectivity index (χ4n) is 1.76. The summed E-state index contributed by atoms with van der Waals surface area (Å²) in [5.74, 6) is 0.119. The molecule has 0 aliphatic carbocycles. The van der Waals surface area contributed by atoms with Crippen molar-refractivity contribution in [3.63, 3.8) is 0 Å². The van der Waals surface area contributed by atoms with Gasteiger partial charge in [-0.3, -0.25) is 0 Å². The largest absolute Gasteiger partial charge is 0.493 e. The molecule has 0 fully saturated rings. The smallest absolute Gasteiger partial charge is 0.276 e. The van der Waals surface area contributed by atoms with Gasteiger partial charge in [-0.1, -0.05) is 19.1 Å². The van der Waals surface area contributed by atoms with E-state index in [0.717, 1.165) is 18.6 Å². The van der Waals surface area contributed by atoms with Crippen LogP contribution in [0.15, 0.2) is 58.5 Å². The van der Waals surface area contributed by atoms with E-state index in [-0.39, 0.29) is 4.90 Å². The van der Waals surface area contributed by atoms with Gasteiger partial charge >= 0.3 is 0 Å². The van der Waals surface area contributed by atoms with Crippen molar-refractivity contribution in [2.75, 3.05) is 6.61 Å². The quantitative estimate of drug-likeness (QED) is 0.624. The third kappa shape index (κ3) is 4.79. The fourth-order valence-corrected chi connectivity index (χ4v) is 2.55. The monoisotopic (exact) mass is 336 g/mol. The van der Waals surface area contributed by atoms with E-state index in [1.807, 2.05) is 13.0 Å². The molecule has 0 aliphatic heterocycles. The first kappa shape index (κ1) is 17.0. The highest BCUT2D eigenvalue weighted by Crippen LogP contribution is 2.16. The molecular formula is C16H17FN2O3S. The molecule has 0 unspecified atom stereocenters. The van der Waals surface area contributed by atoms with Gasteiger partial charge in [-0.2, -0.15) is 13.5 Å². The molecule has 2 rings (SSSR count). The fraction of sp³-hybridized carbons (Fsp3) is 0.188. The Morgan fingerprint density at radius 2 is 1.87 bits per heavy atom. The van der Waals surface area contributed by atoms with Gasteiger partial charge in [0.2, 0.25) is 0 Å². The Bertz CT molecular complexity index is 774. The first-order chi connectivity index (χ1) is 11.0. The SMILES string of the molecule is CCCOc1ccccc1/C=N/NS(=O)(=O)c1ccc(F)cc1. The molecule has 0 atom stereocenters. The van der Waals surface area contributed by atoms with Crippen LogP contribution in [0.25, 0.3) is 0 Å². The normalized spacial score (nSPS) is 11.6. The van der Waals surface area contributed by atoms with E-state index in [2.05, 4.69) is 9.93 Å².